The van der Waals surface area contributed by atoms with Gasteiger partial charge in [0.25, 0.3) is 5.91 Å². The molecule has 0 saturated heterocycles. The molecule has 0 fully saturated rings. The molecule has 0 spiro atoms. The molecule has 5 aromatic rings. The Morgan fingerprint density at radius 1 is 0.879 bits per heavy atom. The molecule has 0 aliphatic carbocycles. The monoisotopic (exact) mass is 483 g/mol. The Labute approximate surface area is 197 Å². The molecule has 1 N–H and O–H groups in total. The predicted octanol–water partition coefficient (Wildman–Crippen LogP) is 6.47. The number of oxazole rings is 2. The molecule has 0 bridgehead atoms. The number of fused-ring (bicyclic) bond motifs is 2. The van der Waals surface area contributed by atoms with Crippen molar-refractivity contribution in [1.82, 2.24) is 9.97 Å². The van der Waals surface area contributed by atoms with E-state index in [1.54, 1.807) is 67.6 Å². The van der Waals surface area contributed by atoms with E-state index >= 15 is 0 Å². The number of rotatable bonds is 6. The molecule has 2 aromatic heterocycles. The first-order valence-corrected chi connectivity index (χ1v) is 10.6. The van der Waals surface area contributed by atoms with Crippen LogP contribution in [-0.2, 0) is 4.79 Å². The third-order valence-electron chi connectivity index (χ3n) is 4.62. The number of carbonyl (C=O) groups excluding carboxylic acids is 1. The lowest BCUT2D eigenvalue weighted by Gasteiger charge is -2.13. The summed E-state index contributed by atoms with van der Waals surface area (Å²) in [6.45, 7) is 1.61. The average Bonchev–Trinajstić information content (AvgIpc) is 3.36. The standard InChI is InChI=1S/C23H15Cl2N3O5/c1-12(21(29)28-22-26-18-10-13(24)3-9-19(18)32-22)30-15-4-6-16(7-5-15)31-23-27-17-8-2-14(25)11-20(17)33-23/h2-12H,1H3,(H,26,28,29)/t12-/m1/s1. The van der Waals surface area contributed by atoms with Gasteiger partial charge in [-0.25, -0.2) is 0 Å². The first kappa shape index (κ1) is 21.1. The Kier molecular flexibility index (Phi) is 5.53. The minimum atomic E-state index is -0.808. The smallest absolute Gasteiger partial charge is 0.400 e. The highest BCUT2D eigenvalue weighted by Crippen LogP contribution is 2.28. The molecule has 5 rings (SSSR count). The lowest BCUT2D eigenvalue weighted by molar-refractivity contribution is -0.122. The van der Waals surface area contributed by atoms with Crippen LogP contribution in [0.3, 0.4) is 0 Å². The molecule has 33 heavy (non-hydrogen) atoms. The van der Waals surface area contributed by atoms with Gasteiger partial charge in [0.05, 0.1) is 0 Å². The lowest BCUT2D eigenvalue weighted by Crippen LogP contribution is -2.30. The van der Waals surface area contributed by atoms with Crippen LogP contribution in [0.1, 0.15) is 6.92 Å². The number of aromatic nitrogens is 2. The maximum Gasteiger partial charge on any atom is 0.400 e. The number of amides is 1. The van der Waals surface area contributed by atoms with Crippen LogP contribution in [0, 0.1) is 0 Å². The van der Waals surface area contributed by atoms with E-state index in [0.717, 1.165) is 0 Å². The predicted molar refractivity (Wildman–Crippen MR) is 123 cm³/mol. The highest BCUT2D eigenvalue weighted by Gasteiger charge is 2.18. The van der Waals surface area contributed by atoms with Gasteiger partial charge in [-0.2, -0.15) is 9.97 Å². The van der Waals surface area contributed by atoms with Crippen molar-refractivity contribution in [2.24, 2.45) is 0 Å². The molecule has 0 aliphatic rings. The third-order valence-corrected chi connectivity index (χ3v) is 5.09. The molecule has 166 valence electrons. The first-order chi connectivity index (χ1) is 15.9. The molecule has 0 radical (unpaired) electrons. The SMILES string of the molecule is C[C@@H](Oc1ccc(Oc2nc3ccc(Cl)cc3o2)cc1)C(=O)Nc1nc2cc(Cl)ccc2o1. The second-order valence-electron chi connectivity index (χ2n) is 7.05. The summed E-state index contributed by atoms with van der Waals surface area (Å²) in [5.74, 6) is 0.541. The van der Waals surface area contributed by atoms with Crippen molar-refractivity contribution in [3.63, 3.8) is 0 Å². The van der Waals surface area contributed by atoms with Crippen molar-refractivity contribution >= 4 is 57.3 Å². The second kappa shape index (κ2) is 8.65. The van der Waals surface area contributed by atoms with Crippen molar-refractivity contribution in [1.29, 1.82) is 0 Å². The summed E-state index contributed by atoms with van der Waals surface area (Å²) in [7, 11) is 0. The average molecular weight is 484 g/mol. The Balaban J connectivity index is 1.20. The maximum atomic E-state index is 12.5. The van der Waals surface area contributed by atoms with E-state index in [9.17, 15) is 4.79 Å². The Bertz CT molecular complexity index is 1460. The summed E-state index contributed by atoms with van der Waals surface area (Å²) in [5.41, 5.74) is 2.22. The van der Waals surface area contributed by atoms with Crippen LogP contribution in [0.2, 0.25) is 10.0 Å². The van der Waals surface area contributed by atoms with E-state index in [1.807, 2.05) is 0 Å². The number of hydrogen-bond donors (Lipinski definition) is 1. The van der Waals surface area contributed by atoms with Gasteiger partial charge in [-0.05, 0) is 61.5 Å². The number of benzene rings is 3. The number of hydrogen-bond acceptors (Lipinski definition) is 7. The highest BCUT2D eigenvalue weighted by atomic mass is 35.5. The largest absolute Gasteiger partial charge is 0.481 e. The zero-order chi connectivity index (χ0) is 22.9. The van der Waals surface area contributed by atoms with E-state index in [2.05, 4.69) is 15.3 Å². The fourth-order valence-corrected chi connectivity index (χ4v) is 3.36. The quantitative estimate of drug-likeness (QED) is 0.295. The normalized spacial score (nSPS) is 12.1. The van der Waals surface area contributed by atoms with E-state index in [0.29, 0.717) is 43.7 Å². The van der Waals surface area contributed by atoms with E-state index < -0.39 is 12.0 Å². The minimum Gasteiger partial charge on any atom is -0.481 e. The van der Waals surface area contributed by atoms with Gasteiger partial charge in [-0.3, -0.25) is 10.1 Å². The van der Waals surface area contributed by atoms with Crippen LogP contribution in [0.5, 0.6) is 17.6 Å². The molecule has 8 nitrogen and oxygen atoms in total. The number of halogens is 2. The molecule has 2 heterocycles. The molecule has 0 saturated carbocycles. The molecule has 1 atom stereocenters. The molecule has 10 heteroatoms. The molecular formula is C23H15Cl2N3O5. The molecular weight excluding hydrogens is 469 g/mol. The summed E-state index contributed by atoms with van der Waals surface area (Å²) in [6.07, 6.45) is -0.717. The Morgan fingerprint density at radius 3 is 2.42 bits per heavy atom. The van der Waals surface area contributed by atoms with Gasteiger partial charge in [0.15, 0.2) is 17.3 Å². The van der Waals surface area contributed by atoms with Gasteiger partial charge < -0.3 is 18.3 Å². The fourth-order valence-electron chi connectivity index (χ4n) is 3.03. The van der Waals surface area contributed by atoms with Crippen molar-refractivity contribution in [3.8, 4) is 17.6 Å². The van der Waals surface area contributed by atoms with Crippen LogP contribution in [0.15, 0.2) is 69.5 Å². The molecule has 1 amide bonds. The lowest BCUT2D eigenvalue weighted by atomic mass is 10.3. The molecule has 0 aliphatic heterocycles. The van der Waals surface area contributed by atoms with Gasteiger partial charge >= 0.3 is 12.1 Å². The molecule has 3 aromatic carbocycles. The Morgan fingerprint density at radius 2 is 1.61 bits per heavy atom. The van der Waals surface area contributed by atoms with Gasteiger partial charge in [-0.1, -0.05) is 23.2 Å². The van der Waals surface area contributed by atoms with E-state index in [-0.39, 0.29) is 12.1 Å². The molecule has 0 unspecified atom stereocenters. The van der Waals surface area contributed by atoms with Crippen molar-refractivity contribution in [2.45, 2.75) is 13.0 Å². The second-order valence-corrected chi connectivity index (χ2v) is 7.92. The summed E-state index contributed by atoms with van der Waals surface area (Å²) >= 11 is 11.9. The summed E-state index contributed by atoms with van der Waals surface area (Å²) in [4.78, 5) is 20.9. The van der Waals surface area contributed by atoms with Crippen LogP contribution in [0.25, 0.3) is 22.2 Å². The first-order valence-electron chi connectivity index (χ1n) is 9.80. The number of nitrogens with one attached hydrogen (secondary N) is 1. The zero-order valence-corrected chi connectivity index (χ0v) is 18.6. The summed E-state index contributed by atoms with van der Waals surface area (Å²) < 4.78 is 22.4. The van der Waals surface area contributed by atoms with Crippen LogP contribution in [0.4, 0.5) is 6.01 Å². The topological polar surface area (TPSA) is 99.6 Å². The van der Waals surface area contributed by atoms with Gasteiger partial charge in [0, 0.05) is 16.1 Å². The number of anilines is 1. The third kappa shape index (κ3) is 4.72. The van der Waals surface area contributed by atoms with Gasteiger partial charge in [0.1, 0.15) is 22.5 Å². The van der Waals surface area contributed by atoms with E-state index in [1.165, 1.54) is 0 Å². The van der Waals surface area contributed by atoms with Gasteiger partial charge in [-0.15, -0.1) is 0 Å². The Hall–Kier alpha value is -3.75. The summed E-state index contributed by atoms with van der Waals surface area (Å²) in [6, 6.07) is 16.9. The fraction of sp³-hybridized carbons (Fsp3) is 0.0870. The number of nitrogens with zero attached hydrogens (tertiary/aromatic N) is 2. The van der Waals surface area contributed by atoms with Crippen LogP contribution >= 0.6 is 23.2 Å². The minimum absolute atomic E-state index is 0.0658. The maximum absolute atomic E-state index is 12.5. The van der Waals surface area contributed by atoms with Crippen molar-refractivity contribution < 1.29 is 23.1 Å². The van der Waals surface area contributed by atoms with Crippen molar-refractivity contribution in [2.75, 3.05) is 5.32 Å². The number of carbonyl (C=O) groups is 1. The highest BCUT2D eigenvalue weighted by molar-refractivity contribution is 6.31. The number of ether oxygens (including phenoxy) is 2. The summed E-state index contributed by atoms with van der Waals surface area (Å²) in [5, 5.41) is 3.66. The van der Waals surface area contributed by atoms with Crippen LogP contribution in [-0.4, -0.2) is 22.0 Å². The zero-order valence-electron chi connectivity index (χ0n) is 17.0. The van der Waals surface area contributed by atoms with Crippen molar-refractivity contribution in [3.05, 3.63) is 70.7 Å². The van der Waals surface area contributed by atoms with Gasteiger partial charge in [0.2, 0.25) is 0 Å². The van der Waals surface area contributed by atoms with Crippen LogP contribution < -0.4 is 14.8 Å². The van der Waals surface area contributed by atoms with E-state index in [4.69, 9.17) is 41.5 Å².